The predicted octanol–water partition coefficient (Wildman–Crippen LogP) is 3.71. The van der Waals surface area contributed by atoms with E-state index in [1.807, 2.05) is 0 Å². The molecule has 0 aromatic heterocycles. The largest absolute Gasteiger partial charge is 0.508 e. The molecule has 0 unspecified atom stereocenters. The number of rotatable bonds is 1. The van der Waals surface area contributed by atoms with Gasteiger partial charge in [-0.2, -0.15) is 0 Å². The van der Waals surface area contributed by atoms with Gasteiger partial charge in [-0.1, -0.05) is 12.1 Å². The fraction of sp³-hybridized carbons (Fsp3) is 0.0500. The zero-order chi connectivity index (χ0) is 18.4. The van der Waals surface area contributed by atoms with Crippen LogP contribution in [0.2, 0.25) is 0 Å². The lowest BCUT2D eigenvalue weighted by atomic mass is 9.98. The predicted molar refractivity (Wildman–Crippen MR) is 93.1 cm³/mol. The number of carbonyl (C=O) groups excluding carboxylic acids is 1. The van der Waals surface area contributed by atoms with Crippen LogP contribution < -0.4 is 4.74 Å². The van der Waals surface area contributed by atoms with Gasteiger partial charge in [0, 0.05) is 35.7 Å². The number of phenols is 4. The molecule has 26 heavy (non-hydrogen) atoms. The van der Waals surface area contributed by atoms with E-state index in [4.69, 9.17) is 4.74 Å². The van der Waals surface area contributed by atoms with Gasteiger partial charge in [0.05, 0.1) is 0 Å². The van der Waals surface area contributed by atoms with Crippen molar-refractivity contribution in [1.29, 1.82) is 0 Å². The van der Waals surface area contributed by atoms with Gasteiger partial charge in [0.15, 0.2) is 5.78 Å². The van der Waals surface area contributed by atoms with Crippen LogP contribution in [0.15, 0.2) is 48.5 Å². The number of hydrogen-bond donors (Lipinski definition) is 4. The summed E-state index contributed by atoms with van der Waals surface area (Å²) in [5.41, 5.74) is 1.76. The minimum Gasteiger partial charge on any atom is -0.508 e. The van der Waals surface area contributed by atoms with Crippen molar-refractivity contribution < 1.29 is 30.0 Å². The summed E-state index contributed by atoms with van der Waals surface area (Å²) < 4.78 is 5.79. The molecule has 0 bridgehead atoms. The van der Waals surface area contributed by atoms with Crippen LogP contribution in [-0.2, 0) is 6.42 Å². The summed E-state index contributed by atoms with van der Waals surface area (Å²) in [6, 6.07) is 11.7. The van der Waals surface area contributed by atoms with Crippen LogP contribution in [0.5, 0.6) is 34.5 Å². The van der Waals surface area contributed by atoms with Gasteiger partial charge in [0.1, 0.15) is 40.1 Å². The van der Waals surface area contributed by atoms with E-state index in [0.29, 0.717) is 22.4 Å². The third-order valence-corrected chi connectivity index (χ3v) is 4.28. The van der Waals surface area contributed by atoms with Gasteiger partial charge in [0.2, 0.25) is 0 Å². The lowest BCUT2D eigenvalue weighted by molar-refractivity contribution is 0.0991. The highest BCUT2D eigenvalue weighted by atomic mass is 16.5. The van der Waals surface area contributed by atoms with E-state index in [1.165, 1.54) is 18.2 Å². The molecule has 0 spiro atoms. The van der Waals surface area contributed by atoms with Crippen LogP contribution in [0.1, 0.15) is 15.9 Å². The van der Waals surface area contributed by atoms with E-state index in [0.717, 1.165) is 6.07 Å². The zero-order valence-corrected chi connectivity index (χ0v) is 13.4. The van der Waals surface area contributed by atoms with Crippen LogP contribution in [0.25, 0.3) is 11.1 Å². The van der Waals surface area contributed by atoms with E-state index in [2.05, 4.69) is 0 Å². The number of ketones is 1. The number of carbonyl (C=O) groups is 1. The third kappa shape index (κ3) is 2.57. The second-order valence-corrected chi connectivity index (χ2v) is 6.06. The highest BCUT2D eigenvalue weighted by Gasteiger charge is 2.25. The lowest BCUT2D eigenvalue weighted by Gasteiger charge is -2.12. The first-order valence-electron chi connectivity index (χ1n) is 7.84. The van der Waals surface area contributed by atoms with Gasteiger partial charge < -0.3 is 25.2 Å². The quantitative estimate of drug-likeness (QED) is 0.533. The summed E-state index contributed by atoms with van der Waals surface area (Å²) in [6.45, 7) is 0. The van der Waals surface area contributed by atoms with Crippen molar-refractivity contribution in [2.75, 3.05) is 0 Å². The summed E-state index contributed by atoms with van der Waals surface area (Å²) in [7, 11) is 0. The summed E-state index contributed by atoms with van der Waals surface area (Å²) in [4.78, 5) is 12.5. The number of ether oxygens (including phenoxy) is 1. The molecule has 4 N–H and O–H groups in total. The Morgan fingerprint density at radius 2 is 1.54 bits per heavy atom. The highest BCUT2D eigenvalue weighted by molar-refractivity contribution is 6.03. The van der Waals surface area contributed by atoms with E-state index in [1.54, 1.807) is 24.3 Å². The molecule has 6 nitrogen and oxygen atoms in total. The minimum atomic E-state index is -0.339. The maximum atomic E-state index is 12.5. The zero-order valence-electron chi connectivity index (χ0n) is 13.4. The molecular formula is C20H14O6. The van der Waals surface area contributed by atoms with Crippen LogP contribution in [0, 0.1) is 0 Å². The molecule has 3 aromatic carbocycles. The Balaban J connectivity index is 1.84. The monoisotopic (exact) mass is 350 g/mol. The van der Waals surface area contributed by atoms with Crippen molar-refractivity contribution in [3.05, 3.63) is 59.7 Å². The molecule has 0 atom stereocenters. The van der Waals surface area contributed by atoms with Crippen molar-refractivity contribution in [1.82, 2.24) is 0 Å². The molecule has 4 rings (SSSR count). The van der Waals surface area contributed by atoms with E-state index in [-0.39, 0.29) is 46.5 Å². The molecule has 1 heterocycles. The van der Waals surface area contributed by atoms with Crippen LogP contribution in [0.4, 0.5) is 0 Å². The maximum Gasteiger partial charge on any atom is 0.174 e. The summed E-state index contributed by atoms with van der Waals surface area (Å²) >= 11 is 0. The van der Waals surface area contributed by atoms with Gasteiger partial charge >= 0.3 is 0 Å². The molecule has 0 radical (unpaired) electrons. The van der Waals surface area contributed by atoms with Gasteiger partial charge in [-0.3, -0.25) is 4.79 Å². The van der Waals surface area contributed by atoms with Gasteiger partial charge in [-0.05, 0) is 23.8 Å². The minimum absolute atomic E-state index is 0.0213. The van der Waals surface area contributed by atoms with Crippen molar-refractivity contribution >= 4 is 5.78 Å². The summed E-state index contributed by atoms with van der Waals surface area (Å²) in [5.74, 6) is -0.575. The Morgan fingerprint density at radius 3 is 2.31 bits per heavy atom. The van der Waals surface area contributed by atoms with Crippen molar-refractivity contribution in [3.8, 4) is 45.6 Å². The number of aromatic hydroxyl groups is 4. The van der Waals surface area contributed by atoms with Gasteiger partial charge in [-0.15, -0.1) is 0 Å². The molecule has 0 fully saturated rings. The van der Waals surface area contributed by atoms with Crippen LogP contribution >= 0.6 is 0 Å². The van der Waals surface area contributed by atoms with Crippen LogP contribution in [-0.4, -0.2) is 26.2 Å². The number of phenolic OH excluding ortho intramolecular Hbond substituents is 4. The molecular weight excluding hydrogens is 336 g/mol. The average molecular weight is 350 g/mol. The molecule has 0 amide bonds. The first-order valence-corrected chi connectivity index (χ1v) is 7.84. The van der Waals surface area contributed by atoms with Crippen molar-refractivity contribution in [2.45, 2.75) is 6.42 Å². The van der Waals surface area contributed by atoms with E-state index < -0.39 is 0 Å². The first-order chi connectivity index (χ1) is 12.4. The molecule has 0 saturated carbocycles. The van der Waals surface area contributed by atoms with E-state index >= 15 is 0 Å². The highest BCUT2D eigenvalue weighted by Crippen LogP contribution is 2.42. The molecule has 6 heteroatoms. The van der Waals surface area contributed by atoms with Crippen molar-refractivity contribution in [3.63, 3.8) is 0 Å². The SMILES string of the molecule is O=C1Cc2ccc(-c3ccc(O)cc3O)cc2Oc2cc(O)cc(O)c21. The van der Waals surface area contributed by atoms with Crippen LogP contribution in [0.3, 0.4) is 0 Å². The molecule has 3 aromatic rings. The fourth-order valence-corrected chi connectivity index (χ4v) is 3.05. The number of hydrogen-bond acceptors (Lipinski definition) is 6. The fourth-order valence-electron chi connectivity index (χ4n) is 3.05. The van der Waals surface area contributed by atoms with E-state index in [9.17, 15) is 25.2 Å². The Kier molecular flexibility index (Phi) is 3.47. The summed E-state index contributed by atoms with van der Waals surface area (Å²) in [6.07, 6.45) is 0.0303. The normalized spacial score (nSPS) is 12.7. The molecule has 0 saturated heterocycles. The Bertz CT molecular complexity index is 1050. The first kappa shape index (κ1) is 15.8. The lowest BCUT2D eigenvalue weighted by Crippen LogP contribution is -2.02. The Morgan fingerprint density at radius 1 is 0.769 bits per heavy atom. The Labute approximate surface area is 148 Å². The Hall–Kier alpha value is -3.67. The standard InChI is InChI=1S/C20H14O6/c21-12-3-4-14(15(23)7-12)10-1-2-11-5-16(24)20-17(25)8-13(22)9-19(20)26-18(11)6-10/h1-4,6-9,21-23,25H,5H2. The number of benzene rings is 3. The molecule has 130 valence electrons. The molecule has 0 aliphatic carbocycles. The second-order valence-electron chi connectivity index (χ2n) is 6.06. The number of fused-ring (bicyclic) bond motifs is 2. The summed E-state index contributed by atoms with van der Waals surface area (Å²) in [5, 5.41) is 39.2. The topological polar surface area (TPSA) is 107 Å². The average Bonchev–Trinajstić information content (AvgIpc) is 2.69. The second kappa shape index (κ2) is 5.70. The maximum absolute atomic E-state index is 12.5. The third-order valence-electron chi connectivity index (χ3n) is 4.28. The number of Topliss-reactive ketones (excluding diaryl/α,β-unsaturated/α-hetero) is 1. The van der Waals surface area contributed by atoms with Gasteiger partial charge in [-0.25, -0.2) is 0 Å². The smallest absolute Gasteiger partial charge is 0.174 e. The molecule has 1 aliphatic heterocycles. The molecule has 1 aliphatic rings. The van der Waals surface area contributed by atoms with Crippen molar-refractivity contribution in [2.24, 2.45) is 0 Å². The van der Waals surface area contributed by atoms with Gasteiger partial charge in [0.25, 0.3) is 0 Å².